The highest BCUT2D eigenvalue weighted by Gasteiger charge is 2.53. The molecule has 0 aliphatic carbocycles. The molecule has 1 aromatic rings. The lowest BCUT2D eigenvalue weighted by Crippen LogP contribution is -2.60. The van der Waals surface area contributed by atoms with E-state index < -0.39 is 128 Å². The molecule has 376 valence electrons. The quantitative estimate of drug-likeness (QED) is 0.0658. The van der Waals surface area contributed by atoms with E-state index in [1.165, 1.54) is 13.8 Å². The minimum Gasteiger partial charge on any atom is -0.463 e. The van der Waals surface area contributed by atoms with Gasteiger partial charge in [0.05, 0.1) is 31.7 Å². The van der Waals surface area contributed by atoms with E-state index in [4.69, 9.17) is 68.3 Å². The van der Waals surface area contributed by atoms with Crippen LogP contribution in [-0.4, -0.2) is 143 Å². The molecule has 2 aliphatic heterocycles. The van der Waals surface area contributed by atoms with Gasteiger partial charge in [-0.25, -0.2) is 0 Å². The minimum atomic E-state index is -1.30. The van der Waals surface area contributed by atoms with Crippen molar-refractivity contribution in [1.82, 2.24) is 0 Å². The van der Waals surface area contributed by atoms with Gasteiger partial charge in [0.2, 0.25) is 11.8 Å². The fourth-order valence-electron chi connectivity index (χ4n) is 7.58. The molecule has 1 aromatic carbocycles. The molecular formula is C45H66N2O20. The minimum absolute atomic E-state index is 0.000196. The van der Waals surface area contributed by atoms with E-state index in [1.807, 2.05) is 30.3 Å². The van der Waals surface area contributed by atoms with Gasteiger partial charge in [-0.2, -0.15) is 0 Å². The predicted octanol–water partition coefficient (Wildman–Crippen LogP) is 1.86. The number of carbonyl (C=O) groups is 8. The van der Waals surface area contributed by atoms with Crippen LogP contribution in [0.1, 0.15) is 92.1 Å². The van der Waals surface area contributed by atoms with Crippen molar-refractivity contribution < 1.29 is 95.2 Å². The molecule has 11 atom stereocenters. The molecular weight excluding hydrogens is 888 g/mol. The Bertz CT molecular complexity index is 1760. The van der Waals surface area contributed by atoms with Crippen molar-refractivity contribution in [3.05, 3.63) is 35.9 Å². The Labute approximate surface area is 389 Å². The van der Waals surface area contributed by atoms with Crippen LogP contribution in [-0.2, 0) is 102 Å². The Hall–Kier alpha value is -5.26. The molecule has 4 N–H and O–H groups in total. The van der Waals surface area contributed by atoms with Crippen LogP contribution in [0.15, 0.2) is 30.3 Å². The first-order valence-corrected chi connectivity index (χ1v) is 22.1. The van der Waals surface area contributed by atoms with E-state index in [1.54, 1.807) is 0 Å². The van der Waals surface area contributed by atoms with Crippen LogP contribution in [0, 0.1) is 11.8 Å². The van der Waals surface area contributed by atoms with Gasteiger partial charge in [0.15, 0.2) is 24.8 Å². The first-order valence-electron chi connectivity index (χ1n) is 22.1. The van der Waals surface area contributed by atoms with Crippen molar-refractivity contribution in [2.75, 3.05) is 39.6 Å². The van der Waals surface area contributed by atoms with E-state index in [2.05, 4.69) is 0 Å². The van der Waals surface area contributed by atoms with Gasteiger partial charge in [-0.1, -0.05) is 49.6 Å². The van der Waals surface area contributed by atoms with Crippen molar-refractivity contribution in [2.45, 2.75) is 148 Å². The highest BCUT2D eigenvalue weighted by atomic mass is 16.7. The molecule has 2 amide bonds. The molecule has 3 rings (SSSR count). The summed E-state index contributed by atoms with van der Waals surface area (Å²) < 4.78 is 69.1. The summed E-state index contributed by atoms with van der Waals surface area (Å²) >= 11 is 0. The molecule has 22 nitrogen and oxygen atoms in total. The van der Waals surface area contributed by atoms with E-state index in [-0.39, 0.29) is 39.5 Å². The molecule has 2 aliphatic rings. The SMILES string of the molecule is CC(=O)OC[C@H]1O[C@@H](OCCCCCCCOC[C@H](COCc2ccccc2)O[C@@H]2O[C@H](COC(C)=O)[C@H](OC(C)=O)[C@H](OC(C)=O)[C@H]2CC(N)=O)[C@H](CC(N)=O)[C@@H](OC(C)=O)[C@H]1OC(C)=O. The summed E-state index contributed by atoms with van der Waals surface area (Å²) in [7, 11) is 0. The van der Waals surface area contributed by atoms with Gasteiger partial charge < -0.3 is 68.3 Å². The van der Waals surface area contributed by atoms with E-state index in [9.17, 15) is 38.4 Å². The molecule has 2 fully saturated rings. The van der Waals surface area contributed by atoms with Gasteiger partial charge in [0.25, 0.3) is 0 Å². The second-order valence-electron chi connectivity index (χ2n) is 16.1. The molecule has 67 heavy (non-hydrogen) atoms. The zero-order chi connectivity index (χ0) is 49.5. The second kappa shape index (κ2) is 29.5. The standard InChI is InChI=1S/C45H66N2O20/c1-26(48)59-24-36-42(63-30(5)52)40(61-28(3)50)34(19-38(46)54)44(66-36)58-18-14-9-7-8-13-17-56-22-33(23-57-21-32-15-11-10-12-16-32)65-45-35(20-39(47)55)41(62-29(4)51)43(64-31(6)53)37(67-45)25-60-27(2)49/h10-12,15-16,33-37,40-45H,7-9,13-14,17-25H2,1-6H3,(H2,46,54)(H2,47,55)/t33-,34-,35-,36-,37-,40-,41-,42+,43+,44-,45-/m1/s1. The fourth-order valence-corrected chi connectivity index (χ4v) is 7.58. The van der Waals surface area contributed by atoms with Gasteiger partial charge in [-0.15, -0.1) is 0 Å². The molecule has 0 radical (unpaired) electrons. The predicted molar refractivity (Wildman–Crippen MR) is 228 cm³/mol. The Kier molecular flexibility index (Phi) is 24.7. The first kappa shape index (κ1) is 56.1. The maximum Gasteiger partial charge on any atom is 0.303 e. The topological polar surface area (TPSA) is 299 Å². The zero-order valence-corrected chi connectivity index (χ0v) is 39.0. The van der Waals surface area contributed by atoms with Gasteiger partial charge in [-0.3, -0.25) is 38.4 Å². The van der Waals surface area contributed by atoms with Crippen LogP contribution in [0.3, 0.4) is 0 Å². The van der Waals surface area contributed by atoms with Gasteiger partial charge >= 0.3 is 35.8 Å². The average molecular weight is 955 g/mol. The largest absolute Gasteiger partial charge is 0.463 e. The van der Waals surface area contributed by atoms with Crippen LogP contribution >= 0.6 is 0 Å². The lowest BCUT2D eigenvalue weighted by Gasteiger charge is -2.45. The number of carbonyl (C=O) groups excluding carboxylic acids is 8. The number of hydrogen-bond acceptors (Lipinski definition) is 20. The van der Waals surface area contributed by atoms with E-state index in [0.29, 0.717) is 19.4 Å². The third-order valence-corrected chi connectivity index (χ3v) is 10.3. The summed E-state index contributed by atoms with van der Waals surface area (Å²) in [5, 5.41) is 0. The summed E-state index contributed by atoms with van der Waals surface area (Å²) in [6.07, 6.45) is -7.71. The lowest BCUT2D eigenvalue weighted by atomic mass is 9.87. The zero-order valence-electron chi connectivity index (χ0n) is 39.0. The number of rotatable bonds is 29. The summed E-state index contributed by atoms with van der Waals surface area (Å²) in [6, 6.07) is 9.39. The van der Waals surface area contributed by atoms with Crippen LogP contribution in [0.2, 0.25) is 0 Å². The fraction of sp³-hybridized carbons (Fsp3) is 0.689. The van der Waals surface area contributed by atoms with Crippen LogP contribution in [0.5, 0.6) is 0 Å². The number of esters is 6. The maximum atomic E-state index is 12.4. The van der Waals surface area contributed by atoms with Crippen molar-refractivity contribution in [3.63, 3.8) is 0 Å². The molecule has 0 aromatic heterocycles. The molecule has 22 heteroatoms. The first-order chi connectivity index (χ1) is 31.8. The lowest BCUT2D eigenvalue weighted by molar-refractivity contribution is -0.307. The highest BCUT2D eigenvalue weighted by Crippen LogP contribution is 2.36. The summed E-state index contributed by atoms with van der Waals surface area (Å²) in [4.78, 5) is 96.6. The number of ether oxygens (including phenoxy) is 12. The van der Waals surface area contributed by atoms with Crippen molar-refractivity contribution in [3.8, 4) is 0 Å². The van der Waals surface area contributed by atoms with Crippen LogP contribution in [0.4, 0.5) is 0 Å². The van der Waals surface area contributed by atoms with Crippen molar-refractivity contribution >= 4 is 47.6 Å². The number of nitrogens with two attached hydrogens (primary N) is 2. The third-order valence-electron chi connectivity index (χ3n) is 10.3. The van der Waals surface area contributed by atoms with Gasteiger partial charge in [0.1, 0.15) is 43.7 Å². The van der Waals surface area contributed by atoms with Crippen LogP contribution in [0.25, 0.3) is 0 Å². The monoisotopic (exact) mass is 954 g/mol. The summed E-state index contributed by atoms with van der Waals surface area (Å²) in [5.41, 5.74) is 12.1. The van der Waals surface area contributed by atoms with Crippen molar-refractivity contribution in [2.24, 2.45) is 23.3 Å². The number of amides is 2. The number of primary amides is 2. The second-order valence-corrected chi connectivity index (χ2v) is 16.1. The van der Waals surface area contributed by atoms with E-state index >= 15 is 0 Å². The molecule has 0 spiro atoms. The Morgan fingerprint density at radius 3 is 1.45 bits per heavy atom. The number of unbranched alkanes of at least 4 members (excludes halogenated alkanes) is 4. The van der Waals surface area contributed by atoms with Gasteiger partial charge in [0, 0.05) is 67.6 Å². The summed E-state index contributed by atoms with van der Waals surface area (Å²) in [6.45, 7) is 6.95. The highest BCUT2D eigenvalue weighted by molar-refractivity contribution is 5.75. The Morgan fingerprint density at radius 2 is 0.970 bits per heavy atom. The molecule has 2 saturated heterocycles. The Morgan fingerprint density at radius 1 is 0.537 bits per heavy atom. The normalized spacial score (nSPS) is 25.2. The third kappa shape index (κ3) is 21.1. The average Bonchev–Trinajstić information content (AvgIpc) is 3.23. The van der Waals surface area contributed by atoms with Crippen molar-refractivity contribution in [1.29, 1.82) is 0 Å². The number of hydrogen-bond donors (Lipinski definition) is 2. The number of benzene rings is 1. The van der Waals surface area contributed by atoms with E-state index in [0.717, 1.165) is 52.5 Å². The molecule has 2 heterocycles. The molecule has 0 bridgehead atoms. The molecule has 0 unspecified atom stereocenters. The smallest absolute Gasteiger partial charge is 0.303 e. The maximum absolute atomic E-state index is 12.4. The summed E-state index contributed by atoms with van der Waals surface area (Å²) in [5.74, 6) is -7.71. The van der Waals surface area contributed by atoms with Crippen LogP contribution < -0.4 is 11.5 Å². The Balaban J connectivity index is 1.63. The molecule has 0 saturated carbocycles. The van der Waals surface area contributed by atoms with Gasteiger partial charge in [-0.05, 0) is 18.4 Å².